The van der Waals surface area contributed by atoms with E-state index >= 15 is 0 Å². The van der Waals surface area contributed by atoms with E-state index in [1.807, 2.05) is 13.8 Å². The van der Waals surface area contributed by atoms with Crippen LogP contribution in [0.25, 0.3) is 0 Å². The third-order valence-electron chi connectivity index (χ3n) is 2.38. The molecule has 0 radical (unpaired) electrons. The third kappa shape index (κ3) is 4.44. The summed E-state index contributed by atoms with van der Waals surface area (Å²) < 4.78 is 0. The van der Waals surface area contributed by atoms with Crippen molar-refractivity contribution in [3.8, 4) is 0 Å². The molecule has 1 rings (SSSR count). The molecule has 0 bridgehead atoms. The molecule has 5 N–H and O–H groups in total. The van der Waals surface area contributed by atoms with Gasteiger partial charge in [0.05, 0.1) is 0 Å². The Labute approximate surface area is 102 Å². The van der Waals surface area contributed by atoms with Gasteiger partial charge in [0.15, 0.2) is 0 Å². The van der Waals surface area contributed by atoms with Gasteiger partial charge in [0.1, 0.15) is 11.5 Å². The summed E-state index contributed by atoms with van der Waals surface area (Å²) in [6.07, 6.45) is 1.38. The molecule has 6 heteroatoms. The number of nitrogens with zero attached hydrogens (tertiary/aromatic N) is 1. The zero-order valence-corrected chi connectivity index (χ0v) is 10.4. The molecule has 1 fully saturated rings. The second-order valence-corrected chi connectivity index (χ2v) is 4.35. The van der Waals surface area contributed by atoms with Crippen LogP contribution in [0.3, 0.4) is 0 Å². The lowest BCUT2D eigenvalue weighted by molar-refractivity contribution is -0.128. The Kier molecular flexibility index (Phi) is 4.96. The van der Waals surface area contributed by atoms with E-state index in [4.69, 9.17) is 11.1 Å². The number of amidine groups is 1. The van der Waals surface area contributed by atoms with Crippen molar-refractivity contribution in [3.63, 3.8) is 0 Å². The van der Waals surface area contributed by atoms with Gasteiger partial charge in [-0.1, -0.05) is 0 Å². The lowest BCUT2D eigenvalue weighted by Crippen LogP contribution is -2.49. The molecule has 1 saturated heterocycles. The van der Waals surface area contributed by atoms with Gasteiger partial charge in [-0.2, -0.15) is 0 Å². The van der Waals surface area contributed by atoms with E-state index in [-0.39, 0.29) is 17.8 Å². The Hall–Kier alpha value is -1.56. The van der Waals surface area contributed by atoms with Crippen molar-refractivity contribution in [1.29, 1.82) is 5.41 Å². The molecule has 96 valence electrons. The van der Waals surface area contributed by atoms with Crippen LogP contribution in [-0.4, -0.2) is 48.9 Å². The first-order chi connectivity index (χ1) is 8.00. The number of nitrogens with two attached hydrogens (primary N) is 1. The second kappa shape index (κ2) is 6.24. The summed E-state index contributed by atoms with van der Waals surface area (Å²) in [5.74, 6) is -0.202. The van der Waals surface area contributed by atoms with Gasteiger partial charge in [-0.3, -0.25) is 10.2 Å². The smallest absolute Gasteiger partial charge is 0.270 e. The number of piperazine rings is 1. The number of hydrogen-bond donors (Lipinski definition) is 4. The van der Waals surface area contributed by atoms with Crippen LogP contribution >= 0.6 is 0 Å². The highest BCUT2D eigenvalue weighted by Gasteiger charge is 2.20. The molecule has 1 aliphatic rings. The lowest BCUT2D eigenvalue weighted by Gasteiger charge is -2.29. The minimum atomic E-state index is -0.114. The second-order valence-electron chi connectivity index (χ2n) is 4.35. The maximum Gasteiger partial charge on any atom is 0.270 e. The summed E-state index contributed by atoms with van der Waals surface area (Å²) in [6.45, 7) is 6.88. The average molecular weight is 239 g/mol. The fraction of sp³-hybridized carbons (Fsp3) is 0.636. The fourth-order valence-corrected chi connectivity index (χ4v) is 1.67. The highest BCUT2D eigenvalue weighted by molar-refractivity contribution is 6.01. The molecule has 6 nitrogen and oxygen atoms in total. The van der Waals surface area contributed by atoms with E-state index in [0.29, 0.717) is 18.8 Å². The summed E-state index contributed by atoms with van der Waals surface area (Å²) in [4.78, 5) is 13.9. The first-order valence-corrected chi connectivity index (χ1v) is 5.83. The maximum absolute atomic E-state index is 12.2. The van der Waals surface area contributed by atoms with Gasteiger partial charge in [0, 0.05) is 38.3 Å². The van der Waals surface area contributed by atoms with Crippen molar-refractivity contribution < 1.29 is 4.79 Å². The van der Waals surface area contributed by atoms with Crippen LogP contribution in [0, 0.1) is 5.41 Å². The van der Waals surface area contributed by atoms with E-state index in [1.54, 1.807) is 4.90 Å². The number of rotatable bonds is 4. The predicted molar refractivity (Wildman–Crippen MR) is 67.7 cm³/mol. The van der Waals surface area contributed by atoms with Gasteiger partial charge in [-0.25, -0.2) is 0 Å². The Balaban J connectivity index is 2.74. The molecule has 0 aliphatic carbocycles. The molecule has 0 unspecified atom stereocenters. The van der Waals surface area contributed by atoms with Gasteiger partial charge < -0.3 is 21.3 Å². The van der Waals surface area contributed by atoms with Crippen LogP contribution in [-0.2, 0) is 4.79 Å². The van der Waals surface area contributed by atoms with E-state index in [9.17, 15) is 4.79 Å². The molecule has 1 amide bonds. The monoisotopic (exact) mass is 239 g/mol. The van der Waals surface area contributed by atoms with E-state index < -0.39 is 0 Å². The molecule has 0 atom stereocenters. The van der Waals surface area contributed by atoms with Crippen molar-refractivity contribution in [2.45, 2.75) is 19.9 Å². The summed E-state index contributed by atoms with van der Waals surface area (Å²) >= 11 is 0. The van der Waals surface area contributed by atoms with E-state index in [2.05, 4.69) is 10.6 Å². The van der Waals surface area contributed by atoms with E-state index in [0.717, 1.165) is 13.1 Å². The zero-order valence-electron chi connectivity index (χ0n) is 10.4. The molecule has 1 heterocycles. The van der Waals surface area contributed by atoms with Crippen LogP contribution in [0.1, 0.15) is 13.8 Å². The van der Waals surface area contributed by atoms with Crippen LogP contribution in [0.15, 0.2) is 11.8 Å². The molecule has 0 aromatic carbocycles. The van der Waals surface area contributed by atoms with Gasteiger partial charge in [0.25, 0.3) is 5.91 Å². The molecule has 0 aromatic rings. The quantitative estimate of drug-likeness (QED) is 0.294. The normalized spacial score (nSPS) is 17.1. The third-order valence-corrected chi connectivity index (χ3v) is 2.38. The highest BCUT2D eigenvalue weighted by atomic mass is 16.2. The van der Waals surface area contributed by atoms with Crippen molar-refractivity contribution in [1.82, 2.24) is 15.5 Å². The first-order valence-electron chi connectivity index (χ1n) is 5.83. The van der Waals surface area contributed by atoms with Gasteiger partial charge in [-0.05, 0) is 13.8 Å². The van der Waals surface area contributed by atoms with Crippen LogP contribution in [0.4, 0.5) is 0 Å². The minimum absolute atomic E-state index is 0.0876. The van der Waals surface area contributed by atoms with Crippen molar-refractivity contribution in [2.24, 2.45) is 5.73 Å². The van der Waals surface area contributed by atoms with Crippen molar-refractivity contribution >= 4 is 11.7 Å². The number of carbonyl (C=O) groups excluding carboxylic acids is 1. The number of carbonyl (C=O) groups is 1. The predicted octanol–water partition coefficient (Wildman–Crippen LogP) is -0.764. The van der Waals surface area contributed by atoms with Crippen LogP contribution in [0.2, 0.25) is 0 Å². The van der Waals surface area contributed by atoms with Crippen LogP contribution < -0.4 is 16.4 Å². The van der Waals surface area contributed by atoms with Crippen molar-refractivity contribution in [2.75, 3.05) is 26.2 Å². The Bertz CT molecular complexity index is 318. The Morgan fingerprint density at radius 3 is 2.53 bits per heavy atom. The van der Waals surface area contributed by atoms with E-state index in [1.165, 1.54) is 6.08 Å². The van der Waals surface area contributed by atoms with Crippen molar-refractivity contribution in [3.05, 3.63) is 11.8 Å². The number of amides is 1. The minimum Gasteiger partial charge on any atom is -0.384 e. The summed E-state index contributed by atoms with van der Waals surface area (Å²) in [6, 6.07) is 0.132. The van der Waals surface area contributed by atoms with Gasteiger partial charge in [-0.15, -0.1) is 0 Å². The highest BCUT2D eigenvalue weighted by Crippen LogP contribution is 2.02. The Morgan fingerprint density at radius 1 is 1.47 bits per heavy atom. The van der Waals surface area contributed by atoms with Gasteiger partial charge >= 0.3 is 0 Å². The topological polar surface area (TPSA) is 94.2 Å². The average Bonchev–Trinajstić information content (AvgIpc) is 2.27. The Morgan fingerprint density at radius 2 is 2.06 bits per heavy atom. The molecule has 1 aliphatic heterocycles. The first kappa shape index (κ1) is 13.5. The number of nitrogens with one attached hydrogen (secondary N) is 3. The largest absolute Gasteiger partial charge is 0.384 e. The number of hydrogen-bond acceptors (Lipinski definition) is 4. The SMILES string of the molecule is CC(C)N/C(=C\C(=N)N)C(=O)N1CCNCC1. The molecule has 0 spiro atoms. The zero-order chi connectivity index (χ0) is 12.8. The standard InChI is InChI=1S/C11H21N5O/c1-8(2)15-9(7-10(12)13)11(17)16-5-3-14-4-6-16/h7-8,14-15H,3-6H2,1-2H3,(H3,12,13)/b9-7-. The van der Waals surface area contributed by atoms with Crippen LogP contribution in [0.5, 0.6) is 0 Å². The fourth-order valence-electron chi connectivity index (χ4n) is 1.67. The molecule has 17 heavy (non-hydrogen) atoms. The summed E-state index contributed by atoms with van der Waals surface area (Å²) in [7, 11) is 0. The summed E-state index contributed by atoms with van der Waals surface area (Å²) in [5, 5.41) is 13.5. The maximum atomic E-state index is 12.2. The molecule has 0 aromatic heterocycles. The molecular weight excluding hydrogens is 218 g/mol. The summed E-state index contributed by atoms with van der Waals surface area (Å²) in [5.41, 5.74) is 5.72. The lowest BCUT2D eigenvalue weighted by atomic mass is 10.2. The van der Waals surface area contributed by atoms with Gasteiger partial charge in [0.2, 0.25) is 0 Å². The molecule has 0 saturated carbocycles. The molecular formula is C11H21N5O.